The molecule has 0 saturated heterocycles. The van der Waals surface area contributed by atoms with Gasteiger partial charge in [-0.05, 0) is 36.6 Å². The van der Waals surface area contributed by atoms with Gasteiger partial charge in [-0.2, -0.15) is 0 Å². The zero-order valence-electron chi connectivity index (χ0n) is 18.7. The lowest BCUT2D eigenvalue weighted by molar-refractivity contribution is -0.121. The van der Waals surface area contributed by atoms with Crippen LogP contribution in [0.25, 0.3) is 10.9 Å². The van der Waals surface area contributed by atoms with Crippen LogP contribution in [0.4, 0.5) is 5.82 Å². The predicted octanol–water partition coefficient (Wildman–Crippen LogP) is 5.58. The van der Waals surface area contributed by atoms with Crippen LogP contribution in [0.2, 0.25) is 5.02 Å². The van der Waals surface area contributed by atoms with E-state index in [1.165, 1.54) is 5.56 Å². The van der Waals surface area contributed by atoms with Crippen molar-refractivity contribution in [1.29, 1.82) is 0 Å². The Hall–Kier alpha value is -2.66. The monoisotopic (exact) mass is 438 g/mol. The van der Waals surface area contributed by atoms with Crippen molar-refractivity contribution in [3.8, 4) is 0 Å². The van der Waals surface area contributed by atoms with E-state index >= 15 is 0 Å². The van der Waals surface area contributed by atoms with E-state index in [2.05, 4.69) is 48.1 Å². The minimum absolute atomic E-state index is 0.0394. The molecule has 0 saturated carbocycles. The van der Waals surface area contributed by atoms with Crippen molar-refractivity contribution >= 4 is 34.2 Å². The molecule has 1 amide bonds. The first-order chi connectivity index (χ1) is 14.9. The van der Waals surface area contributed by atoms with E-state index in [1.807, 2.05) is 43.3 Å². The second kappa shape index (κ2) is 10.6. The lowest BCUT2D eigenvalue weighted by Crippen LogP contribution is -2.34. The number of amides is 1. The van der Waals surface area contributed by atoms with Crippen LogP contribution in [0.1, 0.15) is 51.5 Å². The maximum atomic E-state index is 12.5. The van der Waals surface area contributed by atoms with Crippen LogP contribution in [0, 0.1) is 5.92 Å². The normalized spacial score (nSPS) is 12.2. The van der Waals surface area contributed by atoms with Crippen molar-refractivity contribution in [2.45, 2.75) is 46.6 Å². The molecule has 1 aromatic heterocycles. The van der Waals surface area contributed by atoms with E-state index in [0.29, 0.717) is 30.5 Å². The maximum absolute atomic E-state index is 12.5. The van der Waals surface area contributed by atoms with Gasteiger partial charge in [-0.25, -0.2) is 9.97 Å². The van der Waals surface area contributed by atoms with Gasteiger partial charge in [0.05, 0.1) is 11.6 Å². The summed E-state index contributed by atoms with van der Waals surface area (Å²) < 4.78 is 0. The average molecular weight is 439 g/mol. The molecule has 164 valence electrons. The molecule has 1 N–H and O–H groups in total. The van der Waals surface area contributed by atoms with Gasteiger partial charge in [0.2, 0.25) is 5.91 Å². The molecular formula is C25H31ClN4O. The lowest BCUT2D eigenvalue weighted by Gasteiger charge is -2.32. The number of halogens is 1. The van der Waals surface area contributed by atoms with Crippen LogP contribution >= 0.6 is 11.6 Å². The Morgan fingerprint density at radius 3 is 2.52 bits per heavy atom. The summed E-state index contributed by atoms with van der Waals surface area (Å²) in [6.45, 7) is 9.61. The van der Waals surface area contributed by atoms with E-state index in [1.54, 1.807) is 0 Å². The fourth-order valence-electron chi connectivity index (χ4n) is 3.53. The molecule has 0 aliphatic carbocycles. The quantitative estimate of drug-likeness (QED) is 0.474. The Bertz CT molecular complexity index is 1020. The standard InChI is InChI=1S/C25H31ClN4O/c1-5-23-28-22-15-20(26)11-12-21(22)25(29-23)30(14-13-24(31)27-16-17(2)3)18(4)19-9-7-6-8-10-19/h6-12,15,17-18H,5,13-14,16H2,1-4H3,(H,27,31). The molecule has 0 bridgehead atoms. The highest BCUT2D eigenvalue weighted by Crippen LogP contribution is 2.32. The van der Waals surface area contributed by atoms with Crippen molar-refractivity contribution in [3.05, 3.63) is 64.9 Å². The molecular weight excluding hydrogens is 408 g/mol. The SMILES string of the molecule is CCc1nc(N(CCC(=O)NCC(C)C)C(C)c2ccccc2)c2ccc(Cl)cc2n1. The molecule has 0 fully saturated rings. The summed E-state index contributed by atoms with van der Waals surface area (Å²) in [5, 5.41) is 4.60. The first-order valence-electron chi connectivity index (χ1n) is 10.9. The Morgan fingerprint density at radius 2 is 1.84 bits per heavy atom. The summed E-state index contributed by atoms with van der Waals surface area (Å²) >= 11 is 6.24. The Balaban J connectivity index is 2.00. The van der Waals surface area contributed by atoms with E-state index in [-0.39, 0.29) is 11.9 Å². The number of benzene rings is 2. The van der Waals surface area contributed by atoms with Crippen molar-refractivity contribution in [3.63, 3.8) is 0 Å². The average Bonchev–Trinajstić information content (AvgIpc) is 2.77. The number of hydrogen-bond acceptors (Lipinski definition) is 4. The summed E-state index contributed by atoms with van der Waals surface area (Å²) in [6.07, 6.45) is 1.11. The van der Waals surface area contributed by atoms with Crippen molar-refractivity contribution in [2.24, 2.45) is 5.92 Å². The van der Waals surface area contributed by atoms with Gasteiger partial charge < -0.3 is 10.2 Å². The number of nitrogens with one attached hydrogen (secondary N) is 1. The van der Waals surface area contributed by atoms with Gasteiger partial charge >= 0.3 is 0 Å². The number of hydrogen-bond donors (Lipinski definition) is 1. The largest absolute Gasteiger partial charge is 0.356 e. The summed E-state index contributed by atoms with van der Waals surface area (Å²) in [5.74, 6) is 2.08. The number of aromatic nitrogens is 2. The molecule has 1 atom stereocenters. The second-order valence-corrected chi connectivity index (χ2v) is 8.64. The molecule has 0 spiro atoms. The number of rotatable bonds is 9. The highest BCUT2D eigenvalue weighted by atomic mass is 35.5. The van der Waals surface area contributed by atoms with Crippen molar-refractivity contribution < 1.29 is 4.79 Å². The fraction of sp³-hybridized carbons (Fsp3) is 0.400. The molecule has 3 rings (SSSR count). The first-order valence-corrected chi connectivity index (χ1v) is 11.3. The maximum Gasteiger partial charge on any atom is 0.221 e. The molecule has 1 unspecified atom stereocenters. The van der Waals surface area contributed by atoms with Crippen LogP contribution in [-0.2, 0) is 11.2 Å². The van der Waals surface area contributed by atoms with Crippen LogP contribution in [0.3, 0.4) is 0 Å². The third-order valence-electron chi connectivity index (χ3n) is 5.31. The molecule has 3 aromatic rings. The number of anilines is 1. The van der Waals surface area contributed by atoms with Gasteiger partial charge in [0.1, 0.15) is 11.6 Å². The highest BCUT2D eigenvalue weighted by molar-refractivity contribution is 6.31. The second-order valence-electron chi connectivity index (χ2n) is 8.21. The summed E-state index contributed by atoms with van der Waals surface area (Å²) in [7, 11) is 0. The van der Waals surface area contributed by atoms with Crippen LogP contribution in [0.15, 0.2) is 48.5 Å². The van der Waals surface area contributed by atoms with Gasteiger partial charge in [0, 0.05) is 36.3 Å². The molecule has 5 nitrogen and oxygen atoms in total. The summed E-state index contributed by atoms with van der Waals surface area (Å²) in [5.41, 5.74) is 1.99. The number of nitrogens with zero attached hydrogens (tertiary/aromatic N) is 3. The molecule has 0 aliphatic heterocycles. The number of carbonyl (C=O) groups excluding carboxylic acids is 1. The Kier molecular flexibility index (Phi) is 7.85. The van der Waals surface area contributed by atoms with E-state index in [9.17, 15) is 4.79 Å². The highest BCUT2D eigenvalue weighted by Gasteiger charge is 2.22. The third kappa shape index (κ3) is 5.95. The van der Waals surface area contributed by atoms with Gasteiger partial charge in [0.25, 0.3) is 0 Å². The van der Waals surface area contributed by atoms with Gasteiger partial charge in [-0.1, -0.05) is 62.7 Å². The fourth-order valence-corrected chi connectivity index (χ4v) is 3.70. The van der Waals surface area contributed by atoms with Gasteiger partial charge in [-0.15, -0.1) is 0 Å². The van der Waals surface area contributed by atoms with Gasteiger partial charge in [0.15, 0.2) is 0 Å². The number of fused-ring (bicyclic) bond motifs is 1. The van der Waals surface area contributed by atoms with Crippen LogP contribution in [0.5, 0.6) is 0 Å². The summed E-state index contributed by atoms with van der Waals surface area (Å²) in [6, 6.07) is 16.0. The zero-order valence-corrected chi connectivity index (χ0v) is 19.5. The van der Waals surface area contributed by atoms with Crippen LogP contribution in [-0.4, -0.2) is 29.0 Å². The smallest absolute Gasteiger partial charge is 0.221 e. The summed E-state index contributed by atoms with van der Waals surface area (Å²) in [4.78, 5) is 24.3. The lowest BCUT2D eigenvalue weighted by atomic mass is 10.1. The zero-order chi connectivity index (χ0) is 22.4. The molecule has 6 heteroatoms. The first kappa shape index (κ1) is 23.0. The van der Waals surface area contributed by atoms with E-state index < -0.39 is 0 Å². The number of aryl methyl sites for hydroxylation is 1. The minimum Gasteiger partial charge on any atom is -0.356 e. The van der Waals surface area contributed by atoms with Crippen molar-refractivity contribution in [2.75, 3.05) is 18.0 Å². The molecule has 1 heterocycles. The van der Waals surface area contributed by atoms with Crippen LogP contribution < -0.4 is 10.2 Å². The van der Waals surface area contributed by atoms with E-state index in [4.69, 9.17) is 16.6 Å². The number of carbonyl (C=O) groups is 1. The Morgan fingerprint density at radius 1 is 1.10 bits per heavy atom. The molecule has 0 radical (unpaired) electrons. The Labute approximate surface area is 189 Å². The molecule has 31 heavy (non-hydrogen) atoms. The van der Waals surface area contributed by atoms with Gasteiger partial charge in [-0.3, -0.25) is 4.79 Å². The minimum atomic E-state index is 0.0394. The van der Waals surface area contributed by atoms with E-state index in [0.717, 1.165) is 29.0 Å². The predicted molar refractivity (Wildman–Crippen MR) is 129 cm³/mol. The molecule has 0 aliphatic rings. The topological polar surface area (TPSA) is 58.1 Å². The molecule has 2 aromatic carbocycles. The third-order valence-corrected chi connectivity index (χ3v) is 5.55. The van der Waals surface area contributed by atoms with Crippen molar-refractivity contribution in [1.82, 2.24) is 15.3 Å².